The van der Waals surface area contributed by atoms with E-state index in [1.807, 2.05) is 11.7 Å². The highest BCUT2D eigenvalue weighted by Crippen LogP contribution is 2.26. The van der Waals surface area contributed by atoms with Gasteiger partial charge in [0.25, 0.3) is 0 Å². The van der Waals surface area contributed by atoms with E-state index in [0.717, 1.165) is 24.7 Å². The molecule has 1 aromatic rings. The number of hydrogen-bond acceptors (Lipinski definition) is 3. The van der Waals surface area contributed by atoms with E-state index in [1.54, 1.807) is 6.20 Å². The predicted molar refractivity (Wildman–Crippen MR) is 37.3 cm³/mol. The summed E-state index contributed by atoms with van der Waals surface area (Å²) in [7, 11) is 1.86. The molecule has 2 heterocycles. The minimum Gasteiger partial charge on any atom is -0.474 e. The number of aromatic nitrogens is 2. The normalized spacial score (nSPS) is 14.5. The molecule has 0 bridgehead atoms. The lowest BCUT2D eigenvalue weighted by Gasteiger charge is -1.96. The summed E-state index contributed by atoms with van der Waals surface area (Å²) in [4.78, 5) is 0. The van der Waals surface area contributed by atoms with Crippen LogP contribution in [0.5, 0.6) is 5.88 Å². The van der Waals surface area contributed by atoms with Crippen molar-refractivity contribution in [2.24, 2.45) is 0 Å². The third-order valence-electron chi connectivity index (χ3n) is 1.60. The topological polar surface area (TPSA) is 39.1 Å². The van der Waals surface area contributed by atoms with Crippen LogP contribution in [0.1, 0.15) is 0 Å². The van der Waals surface area contributed by atoms with Crippen molar-refractivity contribution in [2.75, 3.05) is 19.0 Å². The van der Waals surface area contributed by atoms with Crippen LogP contribution in [0.15, 0.2) is 6.20 Å². The molecule has 0 saturated carbocycles. The highest BCUT2D eigenvalue weighted by molar-refractivity contribution is 5.51. The monoisotopic (exact) mass is 139 g/mol. The molecular weight excluding hydrogens is 130 g/mol. The zero-order valence-corrected chi connectivity index (χ0v) is 5.79. The molecule has 4 nitrogen and oxygen atoms in total. The maximum atomic E-state index is 5.30. The predicted octanol–water partition coefficient (Wildman–Crippen LogP) is 0.317. The van der Waals surface area contributed by atoms with E-state index in [9.17, 15) is 0 Å². The summed E-state index contributed by atoms with van der Waals surface area (Å²) < 4.78 is 7.15. The Morgan fingerprint density at radius 1 is 1.80 bits per heavy atom. The van der Waals surface area contributed by atoms with E-state index in [-0.39, 0.29) is 0 Å². The van der Waals surface area contributed by atoms with Gasteiger partial charge in [-0.05, 0) is 0 Å². The third kappa shape index (κ3) is 0.586. The van der Waals surface area contributed by atoms with Gasteiger partial charge in [0.05, 0.1) is 12.7 Å². The molecule has 0 radical (unpaired) electrons. The molecule has 0 aliphatic carbocycles. The first-order valence-electron chi connectivity index (χ1n) is 3.28. The first kappa shape index (κ1) is 5.58. The smallest absolute Gasteiger partial charge is 0.236 e. The van der Waals surface area contributed by atoms with E-state index in [2.05, 4.69) is 10.4 Å². The number of hydrogen-bond donors (Lipinski definition) is 1. The number of nitrogens with one attached hydrogen (secondary N) is 1. The van der Waals surface area contributed by atoms with Gasteiger partial charge in [0.2, 0.25) is 5.88 Å². The van der Waals surface area contributed by atoms with Crippen LogP contribution >= 0.6 is 0 Å². The van der Waals surface area contributed by atoms with Crippen LogP contribution in [0.25, 0.3) is 0 Å². The highest BCUT2D eigenvalue weighted by atomic mass is 16.5. The first-order valence-corrected chi connectivity index (χ1v) is 3.28. The van der Waals surface area contributed by atoms with Gasteiger partial charge >= 0.3 is 0 Å². The van der Waals surface area contributed by atoms with Gasteiger partial charge in [-0.3, -0.25) is 0 Å². The number of rotatable bonds is 1. The van der Waals surface area contributed by atoms with Gasteiger partial charge in [0.15, 0.2) is 0 Å². The number of anilines is 1. The molecule has 0 fully saturated rings. The minimum absolute atomic E-state index is 0.748. The van der Waals surface area contributed by atoms with Crippen LogP contribution in [0.3, 0.4) is 0 Å². The van der Waals surface area contributed by atoms with E-state index >= 15 is 0 Å². The summed E-state index contributed by atoms with van der Waals surface area (Å²) in [5.41, 5.74) is 0.970. The van der Waals surface area contributed by atoms with Crippen molar-refractivity contribution in [3.05, 3.63) is 6.20 Å². The molecule has 2 rings (SSSR count). The lowest BCUT2D eigenvalue weighted by molar-refractivity contribution is 0.358. The molecule has 54 valence electrons. The summed E-state index contributed by atoms with van der Waals surface area (Å²) in [6, 6.07) is 0. The Bertz CT molecular complexity index is 243. The first-order chi connectivity index (χ1) is 4.92. The molecule has 0 saturated heterocycles. The van der Waals surface area contributed by atoms with Crippen molar-refractivity contribution in [2.45, 2.75) is 6.54 Å². The maximum absolute atomic E-state index is 5.30. The molecule has 0 amide bonds. The standard InChI is InChI=1S/C6H9N3O/c1-7-5-4-8-9-2-3-10-6(5)9/h4,7H,2-3H2,1H3. The Labute approximate surface area is 58.8 Å². The van der Waals surface area contributed by atoms with Gasteiger partial charge in [0, 0.05) is 7.05 Å². The van der Waals surface area contributed by atoms with Gasteiger partial charge < -0.3 is 10.1 Å². The molecule has 4 heteroatoms. The average molecular weight is 139 g/mol. The second-order valence-corrected chi connectivity index (χ2v) is 2.19. The van der Waals surface area contributed by atoms with Gasteiger partial charge in [-0.1, -0.05) is 0 Å². The van der Waals surface area contributed by atoms with Gasteiger partial charge in [-0.15, -0.1) is 0 Å². The molecule has 0 atom stereocenters. The van der Waals surface area contributed by atoms with Crippen molar-refractivity contribution in [1.29, 1.82) is 0 Å². The van der Waals surface area contributed by atoms with Crippen LogP contribution in [0.2, 0.25) is 0 Å². The zero-order chi connectivity index (χ0) is 6.97. The van der Waals surface area contributed by atoms with Crippen LogP contribution in [0.4, 0.5) is 5.69 Å². The summed E-state index contributed by atoms with van der Waals surface area (Å²) in [5.74, 6) is 0.863. The van der Waals surface area contributed by atoms with E-state index in [4.69, 9.17) is 4.74 Å². The van der Waals surface area contributed by atoms with Crippen LogP contribution in [-0.2, 0) is 6.54 Å². The number of fused-ring (bicyclic) bond motifs is 1. The Kier molecular flexibility index (Phi) is 1.06. The van der Waals surface area contributed by atoms with E-state index in [1.165, 1.54) is 0 Å². The summed E-state index contributed by atoms with van der Waals surface area (Å²) in [6.45, 7) is 1.62. The molecule has 10 heavy (non-hydrogen) atoms. The van der Waals surface area contributed by atoms with Crippen LogP contribution in [0, 0.1) is 0 Å². The van der Waals surface area contributed by atoms with Gasteiger partial charge in [-0.25, -0.2) is 4.68 Å². The Morgan fingerprint density at radius 3 is 3.50 bits per heavy atom. The second-order valence-electron chi connectivity index (χ2n) is 2.19. The van der Waals surface area contributed by atoms with Crippen molar-refractivity contribution in [3.8, 4) is 5.88 Å². The van der Waals surface area contributed by atoms with Crippen molar-refractivity contribution >= 4 is 5.69 Å². The molecule has 0 aromatic carbocycles. The SMILES string of the molecule is CNc1cnn2c1OCC2. The van der Waals surface area contributed by atoms with Crippen molar-refractivity contribution in [3.63, 3.8) is 0 Å². The van der Waals surface area contributed by atoms with Gasteiger partial charge in [-0.2, -0.15) is 5.10 Å². The van der Waals surface area contributed by atoms with E-state index < -0.39 is 0 Å². The van der Waals surface area contributed by atoms with Crippen molar-refractivity contribution in [1.82, 2.24) is 9.78 Å². The fraction of sp³-hybridized carbons (Fsp3) is 0.500. The molecule has 1 aromatic heterocycles. The largest absolute Gasteiger partial charge is 0.474 e. The average Bonchev–Trinajstić information content (AvgIpc) is 2.44. The molecule has 1 aliphatic heterocycles. The zero-order valence-electron chi connectivity index (χ0n) is 5.79. The fourth-order valence-corrected chi connectivity index (χ4v) is 1.09. The summed E-state index contributed by atoms with van der Waals surface area (Å²) in [5, 5.41) is 7.10. The molecule has 0 spiro atoms. The summed E-state index contributed by atoms with van der Waals surface area (Å²) in [6.07, 6.45) is 1.77. The van der Waals surface area contributed by atoms with Crippen molar-refractivity contribution < 1.29 is 4.74 Å². The quantitative estimate of drug-likeness (QED) is 0.609. The minimum atomic E-state index is 0.748. The Morgan fingerprint density at radius 2 is 2.70 bits per heavy atom. The third-order valence-corrected chi connectivity index (χ3v) is 1.60. The molecular formula is C6H9N3O. The Hall–Kier alpha value is -1.19. The fourth-order valence-electron chi connectivity index (χ4n) is 1.09. The van der Waals surface area contributed by atoms with Crippen LogP contribution < -0.4 is 10.1 Å². The highest BCUT2D eigenvalue weighted by Gasteiger charge is 2.15. The second kappa shape index (κ2) is 1.90. The lowest BCUT2D eigenvalue weighted by Crippen LogP contribution is -1.94. The van der Waals surface area contributed by atoms with E-state index in [0.29, 0.717) is 0 Å². The number of ether oxygens (including phenoxy) is 1. The molecule has 0 unspecified atom stereocenters. The summed E-state index contributed by atoms with van der Waals surface area (Å²) >= 11 is 0. The molecule has 1 aliphatic rings. The Balaban J connectivity index is 2.44. The lowest BCUT2D eigenvalue weighted by atomic mass is 10.5. The van der Waals surface area contributed by atoms with Gasteiger partial charge in [0.1, 0.15) is 12.3 Å². The van der Waals surface area contributed by atoms with Crippen LogP contribution in [-0.4, -0.2) is 23.4 Å². The number of nitrogens with zero attached hydrogens (tertiary/aromatic N) is 2. The molecule has 1 N–H and O–H groups in total. The maximum Gasteiger partial charge on any atom is 0.236 e.